The number of rotatable bonds is 3. The molecular weight excluding hydrogens is 214 g/mol. The Morgan fingerprint density at radius 1 is 1.47 bits per heavy atom. The Hall–Kier alpha value is -1.64. The lowest BCUT2D eigenvalue weighted by Gasteiger charge is -2.14. The van der Waals surface area contributed by atoms with Crippen molar-refractivity contribution in [2.24, 2.45) is 16.3 Å². The number of hydrogen-bond donors (Lipinski definition) is 0. The molecule has 0 radical (unpaired) electrons. The molecule has 0 bridgehead atoms. The van der Waals surface area contributed by atoms with E-state index in [9.17, 15) is 4.79 Å². The van der Waals surface area contributed by atoms with Crippen molar-refractivity contribution in [2.75, 3.05) is 13.2 Å². The van der Waals surface area contributed by atoms with Gasteiger partial charge in [-0.3, -0.25) is 9.79 Å². The predicted molar refractivity (Wildman–Crippen MR) is 65.0 cm³/mol. The molecule has 0 aromatic heterocycles. The Kier molecular flexibility index (Phi) is 2.28. The fraction of sp³-hybridized carbons (Fsp3) is 0.429. The third kappa shape index (κ3) is 1.42. The quantitative estimate of drug-likeness (QED) is 0.744. The van der Waals surface area contributed by atoms with Crippen LogP contribution in [0, 0.1) is 11.3 Å². The minimum absolute atomic E-state index is 0.0925. The first-order valence-corrected chi connectivity index (χ1v) is 6.06. The van der Waals surface area contributed by atoms with Crippen molar-refractivity contribution in [3.05, 3.63) is 35.9 Å². The van der Waals surface area contributed by atoms with Crippen LogP contribution in [0.3, 0.4) is 0 Å². The summed E-state index contributed by atoms with van der Waals surface area (Å²) in [6, 6.07) is 9.96. The zero-order valence-electron chi connectivity index (χ0n) is 9.85. The minimum Gasteiger partial charge on any atom is -0.465 e. The van der Waals surface area contributed by atoms with E-state index in [4.69, 9.17) is 4.74 Å². The number of aliphatic imine (C=N–C) groups is 1. The van der Waals surface area contributed by atoms with Crippen LogP contribution in [0.5, 0.6) is 0 Å². The third-order valence-electron chi connectivity index (χ3n) is 3.68. The highest BCUT2D eigenvalue weighted by molar-refractivity contribution is 6.19. The number of ether oxygens (including phenoxy) is 1. The third-order valence-corrected chi connectivity index (χ3v) is 3.68. The van der Waals surface area contributed by atoms with E-state index in [0.717, 1.165) is 24.2 Å². The van der Waals surface area contributed by atoms with E-state index in [-0.39, 0.29) is 5.97 Å². The fourth-order valence-electron chi connectivity index (χ4n) is 2.73. The fourth-order valence-corrected chi connectivity index (χ4v) is 2.73. The van der Waals surface area contributed by atoms with Crippen molar-refractivity contribution in [2.45, 2.75) is 13.3 Å². The molecule has 17 heavy (non-hydrogen) atoms. The van der Waals surface area contributed by atoms with Crippen LogP contribution in [-0.2, 0) is 9.53 Å². The van der Waals surface area contributed by atoms with Gasteiger partial charge in [-0.15, -0.1) is 0 Å². The lowest BCUT2D eigenvalue weighted by molar-refractivity contribution is -0.147. The van der Waals surface area contributed by atoms with E-state index in [0.29, 0.717) is 12.5 Å². The number of carbonyl (C=O) groups is 1. The van der Waals surface area contributed by atoms with Crippen LogP contribution in [0.1, 0.15) is 18.9 Å². The van der Waals surface area contributed by atoms with Gasteiger partial charge in [0, 0.05) is 12.5 Å². The van der Waals surface area contributed by atoms with Crippen LogP contribution >= 0.6 is 0 Å². The molecule has 2 aliphatic rings. The van der Waals surface area contributed by atoms with Gasteiger partial charge in [0.25, 0.3) is 0 Å². The van der Waals surface area contributed by atoms with Gasteiger partial charge in [0.1, 0.15) is 5.41 Å². The molecule has 1 aliphatic heterocycles. The van der Waals surface area contributed by atoms with Gasteiger partial charge in [0.15, 0.2) is 0 Å². The van der Waals surface area contributed by atoms with Crippen molar-refractivity contribution >= 4 is 11.7 Å². The molecule has 3 rings (SSSR count). The first-order valence-electron chi connectivity index (χ1n) is 6.06. The molecule has 1 aromatic rings. The molecule has 1 aromatic carbocycles. The minimum atomic E-state index is -0.419. The van der Waals surface area contributed by atoms with Crippen molar-refractivity contribution in [3.63, 3.8) is 0 Å². The van der Waals surface area contributed by atoms with Crippen LogP contribution in [0.15, 0.2) is 35.3 Å². The van der Waals surface area contributed by atoms with E-state index in [1.807, 2.05) is 37.3 Å². The summed E-state index contributed by atoms with van der Waals surface area (Å²) in [4.78, 5) is 16.6. The van der Waals surface area contributed by atoms with Crippen molar-refractivity contribution < 1.29 is 9.53 Å². The Labute approximate surface area is 101 Å². The number of carbonyl (C=O) groups excluding carboxylic acids is 1. The van der Waals surface area contributed by atoms with Gasteiger partial charge in [-0.1, -0.05) is 30.3 Å². The number of hydrogen-bond acceptors (Lipinski definition) is 3. The topological polar surface area (TPSA) is 38.7 Å². The molecule has 1 heterocycles. The highest BCUT2D eigenvalue weighted by atomic mass is 16.5. The van der Waals surface area contributed by atoms with Crippen LogP contribution in [0.25, 0.3) is 0 Å². The Bertz CT molecular complexity index is 480. The first-order chi connectivity index (χ1) is 8.29. The first kappa shape index (κ1) is 10.5. The summed E-state index contributed by atoms with van der Waals surface area (Å²) in [5, 5.41) is 0. The standard InChI is InChI=1S/C14H15NO2/c1-2-17-13(16)14-8-11(14)9-15-12(14)10-6-4-3-5-7-10/h3-7,11H,2,8-9H2,1H3/t11-,14+/m0/s1. The maximum Gasteiger partial charge on any atom is 0.318 e. The molecule has 1 fully saturated rings. The Morgan fingerprint density at radius 3 is 2.88 bits per heavy atom. The molecule has 0 spiro atoms. The van der Waals surface area contributed by atoms with Gasteiger partial charge in [0.05, 0.1) is 12.3 Å². The highest BCUT2D eigenvalue weighted by Gasteiger charge is 2.67. The van der Waals surface area contributed by atoms with Crippen LogP contribution in [0.4, 0.5) is 0 Å². The zero-order chi connectivity index (χ0) is 11.9. The molecule has 3 heteroatoms. The average Bonchev–Trinajstić information content (AvgIpc) is 2.98. The summed E-state index contributed by atoms with van der Waals surface area (Å²) in [6.07, 6.45) is 0.902. The number of esters is 1. The summed E-state index contributed by atoms with van der Waals surface area (Å²) >= 11 is 0. The van der Waals surface area contributed by atoms with E-state index < -0.39 is 5.41 Å². The molecule has 0 N–H and O–H groups in total. The number of benzene rings is 1. The number of fused-ring (bicyclic) bond motifs is 1. The molecule has 0 unspecified atom stereocenters. The smallest absolute Gasteiger partial charge is 0.318 e. The Balaban J connectivity index is 1.94. The zero-order valence-corrected chi connectivity index (χ0v) is 9.85. The van der Waals surface area contributed by atoms with Crippen LogP contribution < -0.4 is 0 Å². The SMILES string of the molecule is CCOC(=O)[C@]12C[C@H]1CN=C2c1ccccc1. The van der Waals surface area contributed by atoms with E-state index in [1.165, 1.54) is 0 Å². The summed E-state index contributed by atoms with van der Waals surface area (Å²) in [7, 11) is 0. The van der Waals surface area contributed by atoms with Crippen LogP contribution in [0.2, 0.25) is 0 Å². The van der Waals surface area contributed by atoms with Gasteiger partial charge < -0.3 is 4.74 Å². The maximum absolute atomic E-state index is 12.1. The second kappa shape index (κ2) is 3.69. The van der Waals surface area contributed by atoms with Gasteiger partial charge in [-0.2, -0.15) is 0 Å². The molecule has 1 aliphatic carbocycles. The van der Waals surface area contributed by atoms with Gasteiger partial charge in [0.2, 0.25) is 0 Å². The van der Waals surface area contributed by atoms with E-state index >= 15 is 0 Å². The monoisotopic (exact) mass is 229 g/mol. The second-order valence-electron chi connectivity index (χ2n) is 4.65. The second-order valence-corrected chi connectivity index (χ2v) is 4.65. The molecule has 1 saturated carbocycles. The van der Waals surface area contributed by atoms with E-state index in [1.54, 1.807) is 0 Å². The molecule has 3 nitrogen and oxygen atoms in total. The van der Waals surface area contributed by atoms with Gasteiger partial charge in [-0.05, 0) is 18.9 Å². The molecule has 0 saturated heterocycles. The lowest BCUT2D eigenvalue weighted by atomic mass is 9.93. The van der Waals surface area contributed by atoms with Crippen molar-refractivity contribution in [1.29, 1.82) is 0 Å². The molecule has 2 atom stereocenters. The summed E-state index contributed by atoms with van der Waals surface area (Å²) < 4.78 is 5.20. The summed E-state index contributed by atoms with van der Waals surface area (Å²) in [5.74, 6) is 0.279. The summed E-state index contributed by atoms with van der Waals surface area (Å²) in [5.41, 5.74) is 1.57. The average molecular weight is 229 g/mol. The highest BCUT2D eigenvalue weighted by Crippen LogP contribution is 2.59. The predicted octanol–water partition coefficient (Wildman–Crippen LogP) is 2.06. The molecule has 0 amide bonds. The lowest BCUT2D eigenvalue weighted by Crippen LogP contribution is -2.28. The summed E-state index contributed by atoms with van der Waals surface area (Å²) in [6.45, 7) is 3.05. The van der Waals surface area contributed by atoms with E-state index in [2.05, 4.69) is 4.99 Å². The van der Waals surface area contributed by atoms with Crippen LogP contribution in [-0.4, -0.2) is 24.8 Å². The van der Waals surface area contributed by atoms with Gasteiger partial charge in [-0.25, -0.2) is 0 Å². The molecule has 88 valence electrons. The number of nitrogens with zero attached hydrogens (tertiary/aromatic N) is 1. The van der Waals surface area contributed by atoms with Crippen molar-refractivity contribution in [1.82, 2.24) is 0 Å². The molecular formula is C14H15NO2. The largest absolute Gasteiger partial charge is 0.465 e. The normalized spacial score (nSPS) is 29.5. The van der Waals surface area contributed by atoms with Gasteiger partial charge >= 0.3 is 5.97 Å². The van der Waals surface area contributed by atoms with Crippen molar-refractivity contribution in [3.8, 4) is 0 Å². The maximum atomic E-state index is 12.1. The Morgan fingerprint density at radius 2 is 2.24 bits per heavy atom.